The van der Waals surface area contributed by atoms with Gasteiger partial charge in [-0.3, -0.25) is 19.2 Å². The lowest BCUT2D eigenvalue weighted by Crippen LogP contribution is -2.30. The standard InChI is InChI=1S/C18H23N5O2/c1-19-17(24)15-6-7-23(11-15)10-13-4-3-5-14(8-13)18(25)21-16-9-20-22(2)12-16/h3-5,8-9,12,15H,6-7,10-11H2,1-2H3,(H,19,24)(H,21,25). The Morgan fingerprint density at radius 3 is 2.92 bits per heavy atom. The number of rotatable bonds is 5. The quantitative estimate of drug-likeness (QED) is 0.858. The zero-order valence-corrected chi connectivity index (χ0v) is 14.5. The van der Waals surface area contributed by atoms with E-state index in [2.05, 4.69) is 20.6 Å². The normalized spacial score (nSPS) is 17.4. The minimum absolute atomic E-state index is 0.0575. The zero-order chi connectivity index (χ0) is 17.8. The van der Waals surface area contributed by atoms with E-state index in [0.29, 0.717) is 11.3 Å². The molecule has 1 fully saturated rings. The summed E-state index contributed by atoms with van der Waals surface area (Å²) in [4.78, 5) is 26.4. The minimum Gasteiger partial charge on any atom is -0.359 e. The highest BCUT2D eigenvalue weighted by molar-refractivity contribution is 6.04. The van der Waals surface area contributed by atoms with Crippen LogP contribution in [0.25, 0.3) is 0 Å². The molecular formula is C18H23N5O2. The van der Waals surface area contributed by atoms with Crippen molar-refractivity contribution in [1.82, 2.24) is 20.0 Å². The number of hydrogen-bond acceptors (Lipinski definition) is 4. The van der Waals surface area contributed by atoms with Crippen LogP contribution in [0.4, 0.5) is 5.69 Å². The number of aryl methyl sites for hydroxylation is 1. The molecule has 1 saturated heterocycles. The number of anilines is 1. The van der Waals surface area contributed by atoms with Crippen LogP contribution in [0.1, 0.15) is 22.3 Å². The number of benzene rings is 1. The zero-order valence-electron chi connectivity index (χ0n) is 14.5. The van der Waals surface area contributed by atoms with Gasteiger partial charge in [-0.1, -0.05) is 12.1 Å². The van der Waals surface area contributed by atoms with Gasteiger partial charge in [0.15, 0.2) is 0 Å². The molecule has 7 nitrogen and oxygen atoms in total. The first-order chi connectivity index (χ1) is 12.0. The van der Waals surface area contributed by atoms with Crippen LogP contribution < -0.4 is 10.6 Å². The number of amides is 2. The summed E-state index contributed by atoms with van der Waals surface area (Å²) in [6.45, 7) is 2.39. The summed E-state index contributed by atoms with van der Waals surface area (Å²) in [5, 5.41) is 9.60. The van der Waals surface area contributed by atoms with E-state index in [9.17, 15) is 9.59 Å². The monoisotopic (exact) mass is 341 g/mol. The van der Waals surface area contributed by atoms with Gasteiger partial charge in [0.2, 0.25) is 5.91 Å². The van der Waals surface area contributed by atoms with E-state index < -0.39 is 0 Å². The lowest BCUT2D eigenvalue weighted by atomic mass is 10.1. The van der Waals surface area contributed by atoms with Gasteiger partial charge >= 0.3 is 0 Å². The van der Waals surface area contributed by atoms with Crippen LogP contribution in [-0.4, -0.2) is 46.6 Å². The van der Waals surface area contributed by atoms with Crippen LogP contribution in [0.5, 0.6) is 0 Å². The number of nitrogens with zero attached hydrogens (tertiary/aromatic N) is 3. The fourth-order valence-electron chi connectivity index (χ4n) is 3.15. The van der Waals surface area contributed by atoms with E-state index in [1.54, 1.807) is 37.2 Å². The van der Waals surface area contributed by atoms with Gasteiger partial charge < -0.3 is 10.6 Å². The molecule has 1 aromatic heterocycles. The Labute approximate surface area is 147 Å². The first kappa shape index (κ1) is 17.2. The number of carbonyl (C=O) groups excluding carboxylic acids is 2. The smallest absolute Gasteiger partial charge is 0.255 e. The van der Waals surface area contributed by atoms with Gasteiger partial charge in [-0.25, -0.2) is 0 Å². The van der Waals surface area contributed by atoms with Crippen LogP contribution in [0.2, 0.25) is 0 Å². The second-order valence-corrected chi connectivity index (χ2v) is 6.39. The Morgan fingerprint density at radius 1 is 1.36 bits per heavy atom. The summed E-state index contributed by atoms with van der Waals surface area (Å²) < 4.78 is 1.64. The molecule has 1 aromatic carbocycles. The van der Waals surface area contributed by atoms with Crippen molar-refractivity contribution in [3.05, 3.63) is 47.8 Å². The van der Waals surface area contributed by atoms with Crippen LogP contribution in [0, 0.1) is 5.92 Å². The molecule has 25 heavy (non-hydrogen) atoms. The van der Waals surface area contributed by atoms with E-state index in [1.807, 2.05) is 18.2 Å². The fraction of sp³-hybridized carbons (Fsp3) is 0.389. The largest absolute Gasteiger partial charge is 0.359 e. The molecule has 2 heterocycles. The summed E-state index contributed by atoms with van der Waals surface area (Å²) >= 11 is 0. The Bertz CT molecular complexity index is 770. The molecule has 0 bridgehead atoms. The van der Waals surface area contributed by atoms with Gasteiger partial charge in [-0.2, -0.15) is 5.10 Å². The predicted molar refractivity (Wildman–Crippen MR) is 95.1 cm³/mol. The Morgan fingerprint density at radius 2 is 2.20 bits per heavy atom. The maximum absolute atomic E-state index is 12.4. The number of aromatic nitrogens is 2. The second-order valence-electron chi connectivity index (χ2n) is 6.39. The number of hydrogen-bond donors (Lipinski definition) is 2. The van der Waals surface area contributed by atoms with Gasteiger partial charge in [0, 0.05) is 38.9 Å². The van der Waals surface area contributed by atoms with Crippen LogP contribution >= 0.6 is 0 Å². The maximum atomic E-state index is 12.4. The van der Waals surface area contributed by atoms with Crippen molar-refractivity contribution in [2.75, 3.05) is 25.5 Å². The first-order valence-corrected chi connectivity index (χ1v) is 8.38. The third kappa shape index (κ3) is 4.24. The van der Waals surface area contributed by atoms with Crippen molar-refractivity contribution in [2.45, 2.75) is 13.0 Å². The molecule has 1 atom stereocenters. The third-order valence-corrected chi connectivity index (χ3v) is 4.45. The average Bonchev–Trinajstić information content (AvgIpc) is 3.23. The fourth-order valence-corrected chi connectivity index (χ4v) is 3.15. The molecule has 0 aliphatic carbocycles. The molecule has 1 unspecified atom stereocenters. The van der Waals surface area contributed by atoms with Crippen molar-refractivity contribution in [3.8, 4) is 0 Å². The molecule has 0 saturated carbocycles. The van der Waals surface area contributed by atoms with Gasteiger partial charge in [0.25, 0.3) is 5.91 Å². The van der Waals surface area contributed by atoms with E-state index in [0.717, 1.165) is 31.6 Å². The molecular weight excluding hydrogens is 318 g/mol. The van der Waals surface area contributed by atoms with Crippen LogP contribution in [-0.2, 0) is 18.4 Å². The first-order valence-electron chi connectivity index (χ1n) is 8.38. The Kier molecular flexibility index (Phi) is 5.14. The van der Waals surface area contributed by atoms with E-state index in [4.69, 9.17) is 0 Å². The molecule has 7 heteroatoms. The molecule has 2 aromatic rings. The maximum Gasteiger partial charge on any atom is 0.255 e. The molecule has 1 aliphatic heterocycles. The van der Waals surface area contributed by atoms with Crippen molar-refractivity contribution in [2.24, 2.45) is 13.0 Å². The third-order valence-electron chi connectivity index (χ3n) is 4.45. The SMILES string of the molecule is CNC(=O)C1CCN(Cc2cccc(C(=O)Nc3cnn(C)c3)c2)C1. The highest BCUT2D eigenvalue weighted by Gasteiger charge is 2.27. The number of nitrogens with one attached hydrogen (secondary N) is 2. The van der Waals surface area contributed by atoms with Gasteiger partial charge in [0.1, 0.15) is 0 Å². The minimum atomic E-state index is -0.153. The summed E-state index contributed by atoms with van der Waals surface area (Å²) in [5.41, 5.74) is 2.35. The predicted octanol–water partition coefficient (Wildman–Crippen LogP) is 1.24. The summed E-state index contributed by atoms with van der Waals surface area (Å²) in [6, 6.07) is 7.60. The Balaban J connectivity index is 1.61. The molecule has 1 aliphatic rings. The second kappa shape index (κ2) is 7.48. The van der Waals surface area contributed by atoms with Gasteiger partial charge in [0.05, 0.1) is 17.8 Å². The van der Waals surface area contributed by atoms with Crippen molar-refractivity contribution in [3.63, 3.8) is 0 Å². The van der Waals surface area contributed by atoms with Crippen LogP contribution in [0.3, 0.4) is 0 Å². The number of carbonyl (C=O) groups is 2. The van der Waals surface area contributed by atoms with Crippen molar-refractivity contribution in [1.29, 1.82) is 0 Å². The summed E-state index contributed by atoms with van der Waals surface area (Å²) in [7, 11) is 3.48. The summed E-state index contributed by atoms with van der Waals surface area (Å²) in [6.07, 6.45) is 4.25. The molecule has 2 amide bonds. The Hall–Kier alpha value is -2.67. The number of likely N-dealkylation sites (tertiary alicyclic amines) is 1. The van der Waals surface area contributed by atoms with Crippen molar-refractivity contribution >= 4 is 17.5 Å². The molecule has 3 rings (SSSR count). The highest BCUT2D eigenvalue weighted by Crippen LogP contribution is 2.19. The van der Waals surface area contributed by atoms with E-state index in [1.165, 1.54) is 0 Å². The van der Waals surface area contributed by atoms with E-state index >= 15 is 0 Å². The lowest BCUT2D eigenvalue weighted by molar-refractivity contribution is -0.124. The average molecular weight is 341 g/mol. The lowest BCUT2D eigenvalue weighted by Gasteiger charge is -2.16. The van der Waals surface area contributed by atoms with E-state index in [-0.39, 0.29) is 17.7 Å². The topological polar surface area (TPSA) is 79.3 Å². The van der Waals surface area contributed by atoms with Crippen molar-refractivity contribution < 1.29 is 9.59 Å². The highest BCUT2D eigenvalue weighted by atomic mass is 16.2. The van der Waals surface area contributed by atoms with Gasteiger partial charge in [-0.15, -0.1) is 0 Å². The van der Waals surface area contributed by atoms with Gasteiger partial charge in [-0.05, 0) is 30.7 Å². The molecule has 132 valence electrons. The molecule has 0 radical (unpaired) electrons. The molecule has 2 N–H and O–H groups in total. The molecule has 0 spiro atoms. The summed E-state index contributed by atoms with van der Waals surface area (Å²) in [5.74, 6) is 0.00803. The van der Waals surface area contributed by atoms with Crippen LogP contribution in [0.15, 0.2) is 36.7 Å².